The first-order chi connectivity index (χ1) is 37.0. The first-order valence-corrected chi connectivity index (χ1v) is 29.6. The van der Waals surface area contributed by atoms with E-state index >= 15 is 0 Å². The fraction of sp³-hybridized carbons (Fsp3) is 0.551. The van der Waals surface area contributed by atoms with Gasteiger partial charge in [-0.25, -0.2) is 0 Å². The third kappa shape index (κ3) is 59.5. The number of hydrogen-bond acceptors (Lipinski definition) is 6. The molecule has 0 spiro atoms. The van der Waals surface area contributed by atoms with Gasteiger partial charge in [-0.3, -0.25) is 14.4 Å². The second kappa shape index (κ2) is 61.3. The zero-order valence-corrected chi connectivity index (χ0v) is 47.7. The molecule has 0 rings (SSSR count). The molecule has 0 aromatic heterocycles. The van der Waals surface area contributed by atoms with Crippen molar-refractivity contribution in [1.29, 1.82) is 0 Å². The van der Waals surface area contributed by atoms with Gasteiger partial charge in [0, 0.05) is 19.3 Å². The van der Waals surface area contributed by atoms with Crippen LogP contribution in [0.2, 0.25) is 0 Å². The Morgan fingerprint density at radius 1 is 0.267 bits per heavy atom. The number of ether oxygens (including phenoxy) is 3. The molecule has 0 fully saturated rings. The summed E-state index contributed by atoms with van der Waals surface area (Å²) in [5.41, 5.74) is 0. The molecule has 0 saturated carbocycles. The number of esters is 3. The van der Waals surface area contributed by atoms with Crippen LogP contribution in [0.3, 0.4) is 0 Å². The molecule has 0 radical (unpaired) electrons. The van der Waals surface area contributed by atoms with Crippen LogP contribution in [0.4, 0.5) is 0 Å². The molecule has 0 aromatic carbocycles. The lowest BCUT2D eigenvalue weighted by Crippen LogP contribution is -2.30. The first kappa shape index (κ1) is 69.8. The minimum absolute atomic E-state index is 0.118. The second-order valence-electron chi connectivity index (χ2n) is 18.8. The van der Waals surface area contributed by atoms with Gasteiger partial charge in [0.2, 0.25) is 0 Å². The molecular formula is C69H106O6. The summed E-state index contributed by atoms with van der Waals surface area (Å²) in [6.45, 7) is 6.21. The van der Waals surface area contributed by atoms with E-state index in [-0.39, 0.29) is 37.5 Å². The Hall–Kier alpha value is -5.23. The van der Waals surface area contributed by atoms with Crippen molar-refractivity contribution in [2.45, 2.75) is 232 Å². The van der Waals surface area contributed by atoms with Crippen molar-refractivity contribution in [3.05, 3.63) is 170 Å². The fourth-order valence-electron chi connectivity index (χ4n) is 7.37. The van der Waals surface area contributed by atoms with Gasteiger partial charge in [-0.1, -0.05) is 229 Å². The highest BCUT2D eigenvalue weighted by atomic mass is 16.6. The van der Waals surface area contributed by atoms with Gasteiger partial charge in [-0.15, -0.1) is 0 Å². The van der Waals surface area contributed by atoms with E-state index in [0.717, 1.165) is 186 Å². The van der Waals surface area contributed by atoms with Crippen molar-refractivity contribution in [3.63, 3.8) is 0 Å². The highest BCUT2D eigenvalue weighted by molar-refractivity contribution is 5.71. The van der Waals surface area contributed by atoms with Crippen LogP contribution in [0.5, 0.6) is 0 Å². The van der Waals surface area contributed by atoms with Crippen LogP contribution >= 0.6 is 0 Å². The Balaban J connectivity index is 4.52. The summed E-state index contributed by atoms with van der Waals surface area (Å²) in [6.07, 6.45) is 90.6. The second-order valence-corrected chi connectivity index (χ2v) is 18.8. The van der Waals surface area contributed by atoms with Crippen molar-refractivity contribution in [2.75, 3.05) is 13.2 Å². The van der Waals surface area contributed by atoms with E-state index in [2.05, 4.69) is 191 Å². The van der Waals surface area contributed by atoms with Gasteiger partial charge in [0.05, 0.1) is 0 Å². The minimum Gasteiger partial charge on any atom is -0.462 e. The van der Waals surface area contributed by atoms with Crippen LogP contribution in [-0.2, 0) is 28.6 Å². The van der Waals surface area contributed by atoms with E-state index in [4.69, 9.17) is 14.2 Å². The molecule has 0 amide bonds. The Labute approximate surface area is 460 Å². The maximum absolute atomic E-state index is 12.9. The molecule has 1 atom stereocenters. The smallest absolute Gasteiger partial charge is 0.306 e. The third-order valence-corrected chi connectivity index (χ3v) is 11.7. The van der Waals surface area contributed by atoms with Gasteiger partial charge in [0.15, 0.2) is 6.10 Å². The lowest BCUT2D eigenvalue weighted by molar-refractivity contribution is -0.167. The van der Waals surface area contributed by atoms with E-state index in [1.807, 2.05) is 0 Å². The molecule has 418 valence electrons. The maximum atomic E-state index is 12.9. The van der Waals surface area contributed by atoms with Crippen molar-refractivity contribution in [2.24, 2.45) is 0 Å². The van der Waals surface area contributed by atoms with Crippen LogP contribution in [0, 0.1) is 0 Å². The summed E-state index contributed by atoms with van der Waals surface area (Å²) < 4.78 is 16.8. The molecule has 0 aliphatic carbocycles. The van der Waals surface area contributed by atoms with Crippen molar-refractivity contribution < 1.29 is 28.6 Å². The molecular weight excluding hydrogens is 925 g/mol. The van der Waals surface area contributed by atoms with E-state index in [0.29, 0.717) is 12.8 Å². The van der Waals surface area contributed by atoms with Gasteiger partial charge < -0.3 is 14.2 Å². The molecule has 0 saturated heterocycles. The van der Waals surface area contributed by atoms with E-state index < -0.39 is 6.10 Å². The number of carbonyl (C=O) groups excluding carboxylic acids is 3. The quantitative estimate of drug-likeness (QED) is 0.0261. The predicted octanol–water partition coefficient (Wildman–Crippen LogP) is 20.3. The molecule has 0 N–H and O–H groups in total. The van der Waals surface area contributed by atoms with Crippen LogP contribution in [0.1, 0.15) is 226 Å². The van der Waals surface area contributed by atoms with Gasteiger partial charge in [-0.2, -0.15) is 0 Å². The maximum Gasteiger partial charge on any atom is 0.306 e. The summed E-state index contributed by atoms with van der Waals surface area (Å²) in [4.78, 5) is 38.2. The Morgan fingerprint density at radius 2 is 0.480 bits per heavy atom. The first-order valence-electron chi connectivity index (χ1n) is 29.6. The van der Waals surface area contributed by atoms with Crippen molar-refractivity contribution in [3.8, 4) is 0 Å². The summed E-state index contributed by atoms with van der Waals surface area (Å²) in [7, 11) is 0. The highest BCUT2D eigenvalue weighted by Crippen LogP contribution is 2.12. The van der Waals surface area contributed by atoms with Crippen molar-refractivity contribution in [1.82, 2.24) is 0 Å². The zero-order valence-electron chi connectivity index (χ0n) is 47.7. The Kier molecular flexibility index (Phi) is 57.0. The summed E-state index contributed by atoms with van der Waals surface area (Å²) >= 11 is 0. The molecule has 0 aliphatic rings. The standard InChI is InChI=1S/C69H106O6/c1-4-7-10-13-16-19-22-25-27-29-31-33-34-36-37-39-41-44-47-50-53-56-59-62-68(71)74-65-66(64-73-67(70)61-58-55-52-49-46-43-24-21-18-15-12-9-6-3)75-69(72)63-60-57-54-51-48-45-42-40-38-35-32-30-28-26-23-20-17-14-11-8-5-2/h7-12,16-21,25-28,31-33,35-37,40-44,46,66H,4-6,13-15,22-24,29-30,34,38-39,45,47-65H2,1-3H3/b10-7-,11-8-,12-9-,19-16-,20-17-,21-18-,27-25-,28-26-,33-31-,35-32-,37-36-,42-40-,44-41-,46-43-. The molecule has 0 bridgehead atoms. The third-order valence-electron chi connectivity index (χ3n) is 11.7. The van der Waals surface area contributed by atoms with E-state index in [1.54, 1.807) is 0 Å². The molecule has 1 unspecified atom stereocenters. The normalized spacial score (nSPS) is 13.4. The Morgan fingerprint density at radius 3 is 0.760 bits per heavy atom. The average Bonchev–Trinajstić information content (AvgIpc) is 3.41. The van der Waals surface area contributed by atoms with E-state index in [9.17, 15) is 14.4 Å². The summed E-state index contributed by atoms with van der Waals surface area (Å²) in [6, 6.07) is 0. The SMILES string of the molecule is CC/C=C\C/C=C\C/C=C\C/C=C\C/C=C\C/C=C\CCCCCCC(=O)OCC(COC(=O)CCCCC/C=C\C/C=C\C/C=C\CC)OC(=O)CCCCCCC/C=C\C/C=C\C/C=C\C/C=C\C/C=C\CC. The molecule has 0 heterocycles. The molecule has 0 aliphatic heterocycles. The van der Waals surface area contributed by atoms with Gasteiger partial charge in [-0.05, 0) is 148 Å². The summed E-state index contributed by atoms with van der Waals surface area (Å²) in [5.74, 6) is -0.999. The number of unbranched alkanes of at least 4 members (excludes halogenated alkanes) is 12. The van der Waals surface area contributed by atoms with Gasteiger partial charge >= 0.3 is 17.9 Å². The van der Waals surface area contributed by atoms with Crippen LogP contribution < -0.4 is 0 Å². The lowest BCUT2D eigenvalue weighted by Gasteiger charge is -2.18. The van der Waals surface area contributed by atoms with Crippen LogP contribution in [0.25, 0.3) is 0 Å². The minimum atomic E-state index is -0.822. The lowest BCUT2D eigenvalue weighted by atomic mass is 10.1. The highest BCUT2D eigenvalue weighted by Gasteiger charge is 2.19. The predicted molar refractivity (Wildman–Crippen MR) is 325 cm³/mol. The molecule has 6 heteroatoms. The van der Waals surface area contributed by atoms with Crippen LogP contribution in [0.15, 0.2) is 170 Å². The molecule has 6 nitrogen and oxygen atoms in total. The van der Waals surface area contributed by atoms with Gasteiger partial charge in [0.25, 0.3) is 0 Å². The molecule has 75 heavy (non-hydrogen) atoms. The summed E-state index contributed by atoms with van der Waals surface area (Å²) in [5, 5.41) is 0. The largest absolute Gasteiger partial charge is 0.462 e. The zero-order chi connectivity index (χ0) is 54.3. The van der Waals surface area contributed by atoms with Crippen LogP contribution in [-0.4, -0.2) is 37.2 Å². The van der Waals surface area contributed by atoms with Gasteiger partial charge in [0.1, 0.15) is 13.2 Å². The molecule has 0 aromatic rings. The topological polar surface area (TPSA) is 78.9 Å². The number of allylic oxidation sites excluding steroid dienone is 28. The number of carbonyl (C=O) groups is 3. The average molecular weight is 1030 g/mol. The fourth-order valence-corrected chi connectivity index (χ4v) is 7.37. The van der Waals surface area contributed by atoms with Crippen molar-refractivity contribution >= 4 is 17.9 Å². The number of hydrogen-bond donors (Lipinski definition) is 0. The Bertz CT molecular complexity index is 1750. The van der Waals surface area contributed by atoms with E-state index in [1.165, 1.54) is 0 Å². The monoisotopic (exact) mass is 1030 g/mol. The number of rotatable bonds is 51.